The van der Waals surface area contributed by atoms with Crippen molar-refractivity contribution in [1.29, 1.82) is 0 Å². The number of aromatic nitrogens is 1. The molecule has 3 rings (SSSR count). The zero-order valence-corrected chi connectivity index (χ0v) is 21.5. The van der Waals surface area contributed by atoms with E-state index in [2.05, 4.69) is 36.5 Å². The van der Waals surface area contributed by atoms with Gasteiger partial charge in [-0.15, -0.1) is 18.2 Å². The van der Waals surface area contributed by atoms with Gasteiger partial charge in [-0.2, -0.15) is 0 Å². The second-order valence-corrected chi connectivity index (χ2v) is 8.99. The van der Waals surface area contributed by atoms with E-state index in [1.54, 1.807) is 23.9 Å². The van der Waals surface area contributed by atoms with Gasteiger partial charge >= 0.3 is 0 Å². The summed E-state index contributed by atoms with van der Waals surface area (Å²) < 4.78 is 16.5. The first kappa shape index (κ1) is 27.8. The number of aliphatic hydroxyl groups excluding tert-OH is 1. The number of alkyl halides is 1. The van der Waals surface area contributed by atoms with Crippen molar-refractivity contribution < 1.29 is 9.50 Å². The molecular weight excluding hydrogens is 429 g/mol. The van der Waals surface area contributed by atoms with Crippen LogP contribution < -0.4 is 0 Å². The van der Waals surface area contributed by atoms with Gasteiger partial charge in [0.1, 0.15) is 5.82 Å². The van der Waals surface area contributed by atoms with E-state index < -0.39 is 6.10 Å². The van der Waals surface area contributed by atoms with E-state index in [9.17, 15) is 9.50 Å². The van der Waals surface area contributed by atoms with Crippen molar-refractivity contribution in [2.45, 2.75) is 96.1 Å². The van der Waals surface area contributed by atoms with E-state index in [4.69, 9.17) is 11.6 Å². The van der Waals surface area contributed by atoms with E-state index >= 15 is 0 Å². The van der Waals surface area contributed by atoms with E-state index in [0.29, 0.717) is 12.3 Å². The van der Waals surface area contributed by atoms with Crippen molar-refractivity contribution in [3.05, 3.63) is 53.3 Å². The summed E-state index contributed by atoms with van der Waals surface area (Å²) in [6.45, 7) is 16.5. The van der Waals surface area contributed by atoms with Crippen LogP contribution in [0.1, 0.15) is 90.5 Å². The number of nitrogens with zero attached hydrogens (tertiary/aromatic N) is 1. The van der Waals surface area contributed by atoms with Gasteiger partial charge in [0.05, 0.1) is 11.6 Å². The maximum Gasteiger partial charge on any atom is 0.125 e. The van der Waals surface area contributed by atoms with Gasteiger partial charge in [-0.3, -0.25) is 0 Å². The molecule has 0 radical (unpaired) electrons. The fraction of sp³-hybridized carbons (Fsp3) is 0.538. The molecule has 2 nitrogen and oxygen atoms in total. The number of benzene rings is 1. The predicted octanol–water partition coefficient (Wildman–Crippen LogP) is 8.96. The molecule has 0 amide bonds. The molecule has 1 aliphatic heterocycles. The number of hydrogen-bond donors (Lipinski definition) is 1. The van der Waals surface area contributed by atoms with Gasteiger partial charge < -0.3 is 9.67 Å². The van der Waals surface area contributed by atoms with Gasteiger partial charge in [0.25, 0.3) is 0 Å². The number of hydrogen-bond acceptors (Lipinski definition) is 2. The first-order valence-electron chi connectivity index (χ1n) is 11.5. The van der Waals surface area contributed by atoms with Crippen molar-refractivity contribution >= 4 is 34.3 Å². The highest BCUT2D eigenvalue weighted by Crippen LogP contribution is 2.47. The number of fused-ring (bicyclic) bond motifs is 3. The average Bonchev–Trinajstić information content (AvgIpc) is 3.33. The zero-order valence-electron chi connectivity index (χ0n) is 19.9. The summed E-state index contributed by atoms with van der Waals surface area (Å²) >= 11 is 7.06. The lowest BCUT2D eigenvalue weighted by atomic mass is 9.98. The first-order chi connectivity index (χ1) is 14.9. The van der Waals surface area contributed by atoms with Crippen molar-refractivity contribution in [2.75, 3.05) is 0 Å². The Labute approximate surface area is 197 Å². The Kier molecular flexibility index (Phi) is 12.6. The highest BCUT2D eigenvalue weighted by atomic mass is 35.5. The molecule has 1 aliphatic rings. The molecule has 0 bridgehead atoms. The molecule has 1 N–H and O–H groups in total. The summed E-state index contributed by atoms with van der Waals surface area (Å²) in [6.07, 6.45) is 7.01. The Morgan fingerprint density at radius 3 is 2.48 bits per heavy atom. The van der Waals surface area contributed by atoms with E-state index in [0.717, 1.165) is 42.3 Å². The topological polar surface area (TPSA) is 25.2 Å². The third-order valence-electron chi connectivity index (χ3n) is 5.32. The van der Waals surface area contributed by atoms with E-state index in [-0.39, 0.29) is 11.2 Å². The minimum absolute atomic E-state index is 0.120. The lowest BCUT2D eigenvalue weighted by molar-refractivity contribution is 0.174. The van der Waals surface area contributed by atoms with Crippen LogP contribution in [0.5, 0.6) is 0 Å². The Balaban J connectivity index is 0.000000605. The number of aliphatic hydroxyl groups is 1. The molecule has 174 valence electrons. The van der Waals surface area contributed by atoms with Gasteiger partial charge in [0, 0.05) is 33.8 Å². The third-order valence-corrected chi connectivity index (χ3v) is 6.48. The molecule has 0 saturated carbocycles. The van der Waals surface area contributed by atoms with Crippen molar-refractivity contribution in [3.8, 4) is 0 Å². The lowest BCUT2D eigenvalue weighted by Gasteiger charge is -2.13. The second-order valence-electron chi connectivity index (χ2n) is 7.38. The summed E-state index contributed by atoms with van der Waals surface area (Å²) in [6, 6.07) is 3.15. The number of allylic oxidation sites excluding steroid dienone is 2. The molecule has 31 heavy (non-hydrogen) atoms. The summed E-state index contributed by atoms with van der Waals surface area (Å²) in [7, 11) is 0. The number of halogens is 2. The molecule has 1 aromatic heterocycles. The van der Waals surface area contributed by atoms with Gasteiger partial charge in [0.15, 0.2) is 0 Å². The quantitative estimate of drug-likeness (QED) is 0.249. The molecule has 0 fully saturated rings. The third kappa shape index (κ3) is 6.87. The normalized spacial score (nSPS) is 16.9. The molecule has 2 heterocycles. The second kappa shape index (κ2) is 14.0. The van der Waals surface area contributed by atoms with Crippen molar-refractivity contribution in [2.24, 2.45) is 0 Å². The fourth-order valence-electron chi connectivity index (χ4n) is 3.73. The SMILES string of the molecule is C=CC(C)Cl.CC.CC/C=C/Sc1c2n(c3cc(F)cc(C(O)CC)c13)CCC2CC. The molecule has 3 atom stereocenters. The van der Waals surface area contributed by atoms with Crippen molar-refractivity contribution in [3.63, 3.8) is 0 Å². The maximum atomic E-state index is 14.2. The summed E-state index contributed by atoms with van der Waals surface area (Å²) in [5.74, 6) is 0.260. The minimum Gasteiger partial charge on any atom is -0.388 e. The van der Waals surface area contributed by atoms with Crippen LogP contribution in [0.4, 0.5) is 4.39 Å². The molecule has 0 saturated heterocycles. The summed E-state index contributed by atoms with van der Waals surface area (Å²) in [5, 5.41) is 13.8. The van der Waals surface area contributed by atoms with Gasteiger partial charge in [0.2, 0.25) is 0 Å². The van der Waals surface area contributed by atoms with Crippen LogP contribution >= 0.6 is 23.4 Å². The lowest BCUT2D eigenvalue weighted by Crippen LogP contribution is -1.99. The Morgan fingerprint density at radius 1 is 1.32 bits per heavy atom. The van der Waals surface area contributed by atoms with Crippen LogP contribution in [0.2, 0.25) is 0 Å². The average molecular weight is 468 g/mol. The molecule has 2 aromatic rings. The summed E-state index contributed by atoms with van der Waals surface area (Å²) in [5.41, 5.74) is 3.00. The van der Waals surface area contributed by atoms with Gasteiger partial charge in [-0.05, 0) is 55.7 Å². The molecule has 5 heteroatoms. The smallest absolute Gasteiger partial charge is 0.125 e. The molecule has 0 spiro atoms. The Hall–Kier alpha value is -1.23. The monoisotopic (exact) mass is 467 g/mol. The Morgan fingerprint density at radius 2 is 1.97 bits per heavy atom. The first-order valence-corrected chi connectivity index (χ1v) is 12.8. The van der Waals surface area contributed by atoms with E-state index in [1.165, 1.54) is 16.7 Å². The molecular formula is C26H39ClFNOS. The zero-order chi connectivity index (χ0) is 23.6. The number of rotatable bonds is 7. The number of thioether (sulfide) groups is 1. The standard InChI is InChI=1S/C20H26FNOS.C4H7Cl.C2H6/c1-4-7-10-24-20-18-15(17(23)6-3)11-14(21)12-16(18)22-9-8-13(5-2)19(20)22;1-3-4(2)5;1-2/h7,10-13,17,23H,4-6,8-9H2,1-3H3;3-4H,1H2,2H3;1-2H3/b10-7+;;. The van der Waals surface area contributed by atoms with Crippen molar-refractivity contribution in [1.82, 2.24) is 4.57 Å². The molecule has 1 aromatic carbocycles. The number of aryl methyl sites for hydroxylation is 1. The van der Waals surface area contributed by atoms with Crippen LogP contribution in [0.25, 0.3) is 10.9 Å². The Bertz CT molecular complexity index is 859. The highest BCUT2D eigenvalue weighted by molar-refractivity contribution is 8.02. The van der Waals surface area contributed by atoms with Crippen LogP contribution in [0.15, 0.2) is 41.2 Å². The highest BCUT2D eigenvalue weighted by Gasteiger charge is 2.30. The van der Waals surface area contributed by atoms with Gasteiger partial charge in [-0.25, -0.2) is 4.39 Å². The van der Waals surface area contributed by atoms with Crippen LogP contribution in [-0.2, 0) is 6.54 Å². The summed E-state index contributed by atoms with van der Waals surface area (Å²) in [4.78, 5) is 1.21. The predicted molar refractivity (Wildman–Crippen MR) is 137 cm³/mol. The maximum absolute atomic E-state index is 14.2. The van der Waals surface area contributed by atoms with Crippen LogP contribution in [-0.4, -0.2) is 15.1 Å². The van der Waals surface area contributed by atoms with Gasteiger partial charge in [-0.1, -0.05) is 58.5 Å². The minimum atomic E-state index is -0.624. The van der Waals surface area contributed by atoms with Crippen LogP contribution in [0.3, 0.4) is 0 Å². The van der Waals surface area contributed by atoms with E-state index in [1.807, 2.05) is 27.7 Å². The molecule has 3 unspecified atom stereocenters. The largest absolute Gasteiger partial charge is 0.388 e. The molecule has 0 aliphatic carbocycles. The van der Waals surface area contributed by atoms with Crippen LogP contribution in [0, 0.1) is 5.82 Å². The fourth-order valence-corrected chi connectivity index (χ4v) is 4.90.